The van der Waals surface area contributed by atoms with Crippen LogP contribution in [0.4, 0.5) is 13.2 Å². The van der Waals surface area contributed by atoms with Crippen molar-refractivity contribution in [2.75, 3.05) is 6.54 Å². The van der Waals surface area contributed by atoms with Crippen molar-refractivity contribution < 1.29 is 32.3 Å². The van der Waals surface area contributed by atoms with Crippen LogP contribution in [0, 0.1) is 0 Å². The number of halogens is 3. The molecule has 1 aromatic carbocycles. The Morgan fingerprint density at radius 3 is 2.43 bits per heavy atom. The number of nitrogens with zero attached hydrogens (tertiary/aromatic N) is 2. The zero-order valence-corrected chi connectivity index (χ0v) is 15.7. The van der Waals surface area contributed by atoms with Crippen LogP contribution in [-0.2, 0) is 16.1 Å². The molecular formula is C19H19F3N4O4. The van der Waals surface area contributed by atoms with Crippen molar-refractivity contribution >= 4 is 23.6 Å². The number of carbonyl (C=O) groups is 4. The van der Waals surface area contributed by atoms with E-state index in [2.05, 4.69) is 5.32 Å². The van der Waals surface area contributed by atoms with Gasteiger partial charge in [0.15, 0.2) is 0 Å². The molecule has 11 heteroatoms. The third kappa shape index (κ3) is 3.37. The van der Waals surface area contributed by atoms with E-state index in [0.717, 1.165) is 4.90 Å². The average Bonchev–Trinajstić information content (AvgIpc) is 3.14. The van der Waals surface area contributed by atoms with Gasteiger partial charge in [-0.1, -0.05) is 6.07 Å². The maximum Gasteiger partial charge on any atom is 0.405 e. The van der Waals surface area contributed by atoms with Crippen LogP contribution in [0.2, 0.25) is 0 Å². The van der Waals surface area contributed by atoms with Crippen LogP contribution in [0.25, 0.3) is 0 Å². The summed E-state index contributed by atoms with van der Waals surface area (Å²) in [7, 11) is 0. The van der Waals surface area contributed by atoms with Gasteiger partial charge in [-0.25, -0.2) is 0 Å². The van der Waals surface area contributed by atoms with Gasteiger partial charge in [0.1, 0.15) is 12.1 Å². The van der Waals surface area contributed by atoms with Crippen LogP contribution >= 0.6 is 0 Å². The molecular weight excluding hydrogens is 405 g/mol. The molecule has 2 fully saturated rings. The van der Waals surface area contributed by atoms with Crippen LogP contribution in [0.5, 0.6) is 0 Å². The van der Waals surface area contributed by atoms with Crippen LogP contribution in [0.15, 0.2) is 18.2 Å². The third-order valence-corrected chi connectivity index (χ3v) is 5.77. The highest BCUT2D eigenvalue weighted by atomic mass is 19.4. The Bertz CT molecular complexity index is 948. The first-order valence-corrected chi connectivity index (χ1v) is 9.49. The molecule has 0 bridgehead atoms. The first-order valence-electron chi connectivity index (χ1n) is 9.49. The zero-order valence-electron chi connectivity index (χ0n) is 15.7. The van der Waals surface area contributed by atoms with Gasteiger partial charge in [-0.15, -0.1) is 0 Å². The van der Waals surface area contributed by atoms with Crippen molar-refractivity contribution in [1.29, 1.82) is 0 Å². The van der Waals surface area contributed by atoms with Gasteiger partial charge in [-0.05, 0) is 30.5 Å². The molecule has 8 nitrogen and oxygen atoms in total. The standard InChI is InChI=1S/C19H19F3N4O4/c20-19(21,22)15-12(23)5-6-25(15)8-9-1-2-10-11(7-9)18(30)26(17(10)29)13-3-4-14(27)24-16(13)28/h1-2,7,12-13,15H,3-6,8,23H2,(H,24,27,28)/t12-,13?,15-/m1/s1. The summed E-state index contributed by atoms with van der Waals surface area (Å²) in [5, 5.41) is 2.11. The molecule has 1 unspecified atom stereocenters. The molecule has 4 amide bonds. The summed E-state index contributed by atoms with van der Waals surface area (Å²) in [5.41, 5.74) is 6.19. The summed E-state index contributed by atoms with van der Waals surface area (Å²) in [6, 6.07) is 0.377. The SMILES string of the molecule is N[C@@H]1CCN(Cc2ccc3c(c2)C(=O)N(C2CCC(=O)NC2=O)C3=O)[C@H]1C(F)(F)F. The molecule has 160 valence electrons. The van der Waals surface area contributed by atoms with Crippen LogP contribution in [0.1, 0.15) is 45.5 Å². The molecule has 3 aliphatic rings. The number of benzene rings is 1. The lowest BCUT2D eigenvalue weighted by Crippen LogP contribution is -2.54. The third-order valence-electron chi connectivity index (χ3n) is 5.77. The van der Waals surface area contributed by atoms with Crippen molar-refractivity contribution in [2.24, 2.45) is 5.73 Å². The Balaban J connectivity index is 1.57. The molecule has 0 aliphatic carbocycles. The van der Waals surface area contributed by atoms with Gasteiger partial charge in [-0.2, -0.15) is 13.2 Å². The number of fused-ring (bicyclic) bond motifs is 1. The van der Waals surface area contributed by atoms with Crippen molar-refractivity contribution in [3.05, 3.63) is 34.9 Å². The fourth-order valence-corrected chi connectivity index (χ4v) is 4.36. The summed E-state index contributed by atoms with van der Waals surface area (Å²) < 4.78 is 40.0. The second-order valence-electron chi connectivity index (χ2n) is 7.74. The Kier molecular flexibility index (Phi) is 4.89. The second-order valence-corrected chi connectivity index (χ2v) is 7.74. The highest BCUT2D eigenvalue weighted by molar-refractivity contribution is 6.23. The highest BCUT2D eigenvalue weighted by Gasteiger charge is 2.50. The number of hydrogen-bond acceptors (Lipinski definition) is 6. The van der Waals surface area contributed by atoms with Crippen molar-refractivity contribution in [3.8, 4) is 0 Å². The van der Waals surface area contributed by atoms with Gasteiger partial charge in [0.25, 0.3) is 11.8 Å². The minimum Gasteiger partial charge on any atom is -0.326 e. The Morgan fingerprint density at radius 2 is 1.77 bits per heavy atom. The molecule has 0 spiro atoms. The molecule has 0 radical (unpaired) electrons. The molecule has 3 aliphatic heterocycles. The predicted octanol–water partition coefficient (Wildman–Crippen LogP) is 0.552. The van der Waals surface area contributed by atoms with Gasteiger partial charge in [-0.3, -0.25) is 34.3 Å². The Labute approximate surface area is 169 Å². The van der Waals surface area contributed by atoms with Crippen LogP contribution in [-0.4, -0.2) is 64.3 Å². The number of amides is 4. The molecule has 2 saturated heterocycles. The number of likely N-dealkylation sites (tertiary alicyclic amines) is 1. The monoisotopic (exact) mass is 424 g/mol. The Morgan fingerprint density at radius 1 is 1.07 bits per heavy atom. The molecule has 1 aromatic rings. The maximum absolute atomic E-state index is 13.3. The summed E-state index contributed by atoms with van der Waals surface area (Å²) in [6.45, 7) is 0.0861. The predicted molar refractivity (Wildman–Crippen MR) is 96.0 cm³/mol. The van der Waals surface area contributed by atoms with Gasteiger partial charge in [0, 0.05) is 25.6 Å². The minimum atomic E-state index is -4.47. The normalized spacial score (nSPS) is 27.6. The molecule has 0 aromatic heterocycles. The number of nitrogens with one attached hydrogen (secondary N) is 1. The summed E-state index contributed by atoms with van der Waals surface area (Å²) >= 11 is 0. The van der Waals surface area contributed by atoms with Crippen molar-refractivity contribution in [1.82, 2.24) is 15.1 Å². The van der Waals surface area contributed by atoms with Crippen molar-refractivity contribution in [3.63, 3.8) is 0 Å². The highest BCUT2D eigenvalue weighted by Crippen LogP contribution is 2.34. The van der Waals surface area contributed by atoms with Crippen LogP contribution in [0.3, 0.4) is 0 Å². The topological polar surface area (TPSA) is 113 Å². The first kappa shape index (κ1) is 20.5. The van der Waals surface area contributed by atoms with Gasteiger partial charge >= 0.3 is 6.18 Å². The van der Waals surface area contributed by atoms with E-state index in [4.69, 9.17) is 5.73 Å². The van der Waals surface area contributed by atoms with E-state index in [1.165, 1.54) is 23.1 Å². The summed E-state index contributed by atoms with van der Waals surface area (Å²) in [5.74, 6) is -2.55. The van der Waals surface area contributed by atoms with E-state index >= 15 is 0 Å². The van der Waals surface area contributed by atoms with Crippen LogP contribution < -0.4 is 11.1 Å². The molecule has 4 rings (SSSR count). The van der Waals surface area contributed by atoms with E-state index in [9.17, 15) is 32.3 Å². The zero-order chi connectivity index (χ0) is 21.8. The number of piperidine rings is 1. The molecule has 3 N–H and O–H groups in total. The van der Waals surface area contributed by atoms with E-state index in [1.54, 1.807) is 0 Å². The second kappa shape index (κ2) is 7.17. The summed E-state index contributed by atoms with van der Waals surface area (Å²) in [6.07, 6.45) is -4.23. The molecule has 30 heavy (non-hydrogen) atoms. The Hall–Kier alpha value is -2.79. The summed E-state index contributed by atoms with van der Waals surface area (Å²) in [4.78, 5) is 51.0. The fraction of sp³-hybridized carbons (Fsp3) is 0.474. The molecule has 0 saturated carbocycles. The number of carbonyl (C=O) groups excluding carboxylic acids is 4. The first-order chi connectivity index (χ1) is 14.1. The van der Waals surface area contributed by atoms with E-state index in [-0.39, 0.29) is 43.5 Å². The van der Waals surface area contributed by atoms with E-state index < -0.39 is 47.9 Å². The molecule has 3 heterocycles. The van der Waals surface area contributed by atoms with Crippen molar-refractivity contribution in [2.45, 2.75) is 50.1 Å². The number of imide groups is 2. The smallest absolute Gasteiger partial charge is 0.326 e. The number of rotatable bonds is 3. The quantitative estimate of drug-likeness (QED) is 0.686. The lowest BCUT2D eigenvalue weighted by Gasteiger charge is -2.28. The van der Waals surface area contributed by atoms with Gasteiger partial charge < -0.3 is 5.73 Å². The van der Waals surface area contributed by atoms with Gasteiger partial charge in [0.2, 0.25) is 11.8 Å². The van der Waals surface area contributed by atoms with E-state index in [0.29, 0.717) is 5.56 Å². The lowest BCUT2D eigenvalue weighted by atomic mass is 10.0. The largest absolute Gasteiger partial charge is 0.405 e. The number of alkyl halides is 3. The van der Waals surface area contributed by atoms with Gasteiger partial charge in [0.05, 0.1) is 11.1 Å². The number of hydrogen-bond donors (Lipinski definition) is 2. The maximum atomic E-state index is 13.3. The molecule has 3 atom stereocenters. The van der Waals surface area contributed by atoms with E-state index in [1.807, 2.05) is 0 Å². The minimum absolute atomic E-state index is 0.00308. The number of nitrogens with two attached hydrogens (primary N) is 1. The average molecular weight is 424 g/mol. The fourth-order valence-electron chi connectivity index (χ4n) is 4.36. The lowest BCUT2D eigenvalue weighted by molar-refractivity contribution is -0.180.